The van der Waals surface area contributed by atoms with E-state index in [0.717, 1.165) is 22.6 Å². The molecule has 8 heteroatoms. The highest BCUT2D eigenvalue weighted by Gasteiger charge is 2.25. The maximum atomic E-state index is 11.9. The molecule has 1 amide bonds. The molecule has 0 radical (unpaired) electrons. The fourth-order valence-corrected chi connectivity index (χ4v) is 3.34. The number of benzene rings is 1. The Labute approximate surface area is 182 Å². The van der Waals surface area contributed by atoms with Crippen LogP contribution in [0.15, 0.2) is 36.5 Å². The van der Waals surface area contributed by atoms with Crippen molar-refractivity contribution in [2.24, 2.45) is 0 Å². The summed E-state index contributed by atoms with van der Waals surface area (Å²) < 4.78 is 0. The quantitative estimate of drug-likeness (QED) is 0.411. The van der Waals surface area contributed by atoms with E-state index in [1.54, 1.807) is 6.20 Å². The molecule has 2 heterocycles. The van der Waals surface area contributed by atoms with E-state index in [-0.39, 0.29) is 11.9 Å². The third-order valence-corrected chi connectivity index (χ3v) is 5.11. The molecule has 0 bridgehead atoms. The van der Waals surface area contributed by atoms with Crippen LogP contribution < -0.4 is 16.0 Å². The molecule has 0 atom stereocenters. The van der Waals surface area contributed by atoms with E-state index in [1.807, 2.05) is 51.1 Å². The van der Waals surface area contributed by atoms with Crippen LogP contribution in [0.25, 0.3) is 0 Å². The maximum absolute atomic E-state index is 11.9. The Bertz CT molecular complexity index is 1060. The van der Waals surface area contributed by atoms with Crippen LogP contribution in [0.5, 0.6) is 0 Å². The molecule has 0 unspecified atom stereocenters. The highest BCUT2D eigenvalue weighted by atomic mass is 16.1. The van der Waals surface area contributed by atoms with Gasteiger partial charge in [0.05, 0.1) is 0 Å². The molecule has 162 valence electrons. The molecule has 4 rings (SSSR count). The largest absolute Gasteiger partial charge is 0.354 e. The van der Waals surface area contributed by atoms with Crippen LogP contribution in [0.3, 0.4) is 0 Å². The summed E-state index contributed by atoms with van der Waals surface area (Å²) in [6, 6.07) is 10.2. The van der Waals surface area contributed by atoms with E-state index in [1.165, 1.54) is 18.5 Å². The van der Waals surface area contributed by atoms with Crippen molar-refractivity contribution in [3.8, 4) is 0 Å². The minimum absolute atomic E-state index is 0.0640. The Kier molecular flexibility index (Phi) is 6.16. The Hall–Kier alpha value is -3.42. The van der Waals surface area contributed by atoms with Crippen molar-refractivity contribution in [1.29, 1.82) is 0 Å². The van der Waals surface area contributed by atoms with Gasteiger partial charge in [-0.3, -0.25) is 9.89 Å². The molecule has 0 spiro atoms. The molecule has 1 saturated carbocycles. The van der Waals surface area contributed by atoms with Crippen LogP contribution in [0.1, 0.15) is 55.8 Å². The second kappa shape index (κ2) is 9.16. The fraction of sp³-hybridized carbons (Fsp3) is 0.391. The highest BCUT2D eigenvalue weighted by molar-refractivity contribution is 5.76. The summed E-state index contributed by atoms with van der Waals surface area (Å²) in [7, 11) is 0. The van der Waals surface area contributed by atoms with Crippen molar-refractivity contribution in [3.63, 3.8) is 0 Å². The lowest BCUT2D eigenvalue weighted by atomic mass is 10.1. The molecule has 0 aliphatic heterocycles. The number of H-pyrrole nitrogens is 1. The van der Waals surface area contributed by atoms with Gasteiger partial charge in [0.2, 0.25) is 11.9 Å². The first-order valence-corrected chi connectivity index (χ1v) is 10.8. The van der Waals surface area contributed by atoms with E-state index in [0.29, 0.717) is 30.5 Å². The predicted octanol–water partition coefficient (Wildman–Crippen LogP) is 4.33. The number of anilines is 4. The zero-order chi connectivity index (χ0) is 21.8. The van der Waals surface area contributed by atoms with Gasteiger partial charge in [-0.15, -0.1) is 0 Å². The molecule has 1 aliphatic carbocycles. The Morgan fingerprint density at radius 1 is 1.23 bits per heavy atom. The molecule has 3 aromatic rings. The molecule has 1 aliphatic rings. The Morgan fingerprint density at radius 2 is 2.06 bits per heavy atom. The summed E-state index contributed by atoms with van der Waals surface area (Å²) in [5.74, 6) is 2.66. The van der Waals surface area contributed by atoms with Gasteiger partial charge in [-0.2, -0.15) is 10.1 Å². The van der Waals surface area contributed by atoms with Gasteiger partial charge in [-0.1, -0.05) is 12.1 Å². The number of carbonyl (C=O) groups is 1. The molecule has 1 fully saturated rings. The fourth-order valence-electron chi connectivity index (χ4n) is 3.34. The number of nitrogens with zero attached hydrogens (tertiary/aromatic N) is 3. The third kappa shape index (κ3) is 5.81. The van der Waals surface area contributed by atoms with Crippen molar-refractivity contribution in [1.82, 2.24) is 25.5 Å². The van der Waals surface area contributed by atoms with Crippen molar-refractivity contribution >= 4 is 29.2 Å². The predicted molar refractivity (Wildman–Crippen MR) is 122 cm³/mol. The van der Waals surface area contributed by atoms with Gasteiger partial charge in [-0.25, -0.2) is 4.98 Å². The molecule has 31 heavy (non-hydrogen) atoms. The smallest absolute Gasteiger partial charge is 0.229 e. The lowest BCUT2D eigenvalue weighted by molar-refractivity contribution is -0.121. The Morgan fingerprint density at radius 3 is 2.84 bits per heavy atom. The SMILES string of the molecule is Cc1cnc(Nc2cccc(CCC(=O)NC(C)C)c2)nc1Nc1cc(C2CC2)[nH]n1. The maximum Gasteiger partial charge on any atom is 0.229 e. The summed E-state index contributed by atoms with van der Waals surface area (Å²) in [4.78, 5) is 20.9. The lowest BCUT2D eigenvalue weighted by Crippen LogP contribution is -2.30. The number of aromatic amines is 1. The van der Waals surface area contributed by atoms with E-state index >= 15 is 0 Å². The number of aromatic nitrogens is 4. The summed E-state index contributed by atoms with van der Waals surface area (Å²) in [5.41, 5.74) is 4.07. The highest BCUT2D eigenvalue weighted by Crippen LogP contribution is 2.39. The van der Waals surface area contributed by atoms with Crippen LogP contribution in [-0.4, -0.2) is 32.1 Å². The summed E-state index contributed by atoms with van der Waals surface area (Å²) >= 11 is 0. The summed E-state index contributed by atoms with van der Waals surface area (Å²) in [6.07, 6.45) is 5.38. The molecular weight excluding hydrogens is 390 g/mol. The molecule has 4 N–H and O–H groups in total. The van der Waals surface area contributed by atoms with Crippen molar-refractivity contribution in [2.75, 3.05) is 10.6 Å². The Balaban J connectivity index is 1.40. The molecular formula is C23H29N7O. The first kappa shape index (κ1) is 20.8. The van der Waals surface area contributed by atoms with Crippen LogP contribution >= 0.6 is 0 Å². The second-order valence-electron chi connectivity index (χ2n) is 8.38. The average Bonchev–Trinajstić information content (AvgIpc) is 3.48. The van der Waals surface area contributed by atoms with Crippen LogP contribution in [0.2, 0.25) is 0 Å². The van der Waals surface area contributed by atoms with E-state index in [9.17, 15) is 4.79 Å². The standard InChI is InChI=1S/C23H29N7O/c1-14(2)25-21(31)10-7-16-5-4-6-18(11-16)26-23-24-13-15(3)22(28-23)27-20-12-19(29-30-20)17-8-9-17/h4-6,11-14,17H,7-10H2,1-3H3,(H,25,31)(H3,24,26,27,28,29,30). The number of amides is 1. The minimum atomic E-state index is 0.0640. The monoisotopic (exact) mass is 419 g/mol. The van der Waals surface area contributed by atoms with Gasteiger partial charge < -0.3 is 16.0 Å². The normalized spacial score (nSPS) is 13.3. The van der Waals surface area contributed by atoms with Gasteiger partial charge in [-0.05, 0) is 57.7 Å². The van der Waals surface area contributed by atoms with E-state index in [2.05, 4.69) is 36.1 Å². The van der Waals surface area contributed by atoms with Crippen LogP contribution in [0, 0.1) is 6.92 Å². The number of nitrogens with one attached hydrogen (secondary N) is 4. The van der Waals surface area contributed by atoms with E-state index in [4.69, 9.17) is 0 Å². The first-order chi connectivity index (χ1) is 15.0. The van der Waals surface area contributed by atoms with Gasteiger partial charge in [0.25, 0.3) is 0 Å². The summed E-state index contributed by atoms with van der Waals surface area (Å²) in [6.45, 7) is 5.89. The van der Waals surface area contributed by atoms with Crippen molar-refractivity contribution in [3.05, 3.63) is 53.3 Å². The topological polar surface area (TPSA) is 108 Å². The van der Waals surface area contributed by atoms with Crippen molar-refractivity contribution in [2.45, 2.75) is 58.4 Å². The average molecular weight is 420 g/mol. The molecule has 8 nitrogen and oxygen atoms in total. The zero-order valence-electron chi connectivity index (χ0n) is 18.2. The number of aryl methyl sites for hydroxylation is 2. The zero-order valence-corrected chi connectivity index (χ0v) is 18.2. The van der Waals surface area contributed by atoms with Crippen LogP contribution in [-0.2, 0) is 11.2 Å². The number of rotatable bonds is 9. The minimum Gasteiger partial charge on any atom is -0.354 e. The number of hydrogen-bond donors (Lipinski definition) is 4. The third-order valence-electron chi connectivity index (χ3n) is 5.11. The summed E-state index contributed by atoms with van der Waals surface area (Å²) in [5, 5.41) is 16.9. The van der Waals surface area contributed by atoms with Gasteiger partial charge >= 0.3 is 0 Å². The second-order valence-corrected chi connectivity index (χ2v) is 8.38. The number of hydrogen-bond acceptors (Lipinski definition) is 6. The van der Waals surface area contributed by atoms with Gasteiger partial charge in [0.15, 0.2) is 5.82 Å². The number of carbonyl (C=O) groups excluding carboxylic acids is 1. The van der Waals surface area contributed by atoms with Gasteiger partial charge in [0.1, 0.15) is 5.82 Å². The molecule has 1 aromatic carbocycles. The molecule has 0 saturated heterocycles. The molecule has 2 aromatic heterocycles. The first-order valence-electron chi connectivity index (χ1n) is 10.8. The van der Waals surface area contributed by atoms with E-state index < -0.39 is 0 Å². The van der Waals surface area contributed by atoms with Crippen molar-refractivity contribution < 1.29 is 4.79 Å². The van der Waals surface area contributed by atoms with Gasteiger partial charge in [0, 0.05) is 47.6 Å². The lowest BCUT2D eigenvalue weighted by Gasteiger charge is -2.11. The van der Waals surface area contributed by atoms with Crippen LogP contribution in [0.4, 0.5) is 23.3 Å².